The number of fused-ring (bicyclic) bond motifs is 12. The zero-order chi connectivity index (χ0) is 51.1. The molecule has 75 heavy (non-hydrogen) atoms. The van der Waals surface area contributed by atoms with Gasteiger partial charge in [-0.2, -0.15) is 0 Å². The van der Waals surface area contributed by atoms with Crippen LogP contribution in [0.1, 0.15) is 139 Å². The Kier molecular flexibility index (Phi) is 11.6. The van der Waals surface area contributed by atoms with Crippen LogP contribution in [0.25, 0.3) is 72.0 Å². The van der Waals surface area contributed by atoms with Gasteiger partial charge < -0.3 is 9.47 Å². The molecule has 0 radical (unpaired) electrons. The smallest absolute Gasteiger partial charge is 0.0547 e. The Morgan fingerprint density at radius 1 is 0.347 bits per heavy atom. The van der Waals surface area contributed by atoms with Crippen LogP contribution in [-0.4, -0.2) is 4.57 Å². The van der Waals surface area contributed by atoms with Crippen molar-refractivity contribution in [2.24, 2.45) is 0 Å². The average molecular weight is 975 g/mol. The van der Waals surface area contributed by atoms with Gasteiger partial charge in [0.1, 0.15) is 0 Å². The summed E-state index contributed by atoms with van der Waals surface area (Å²) in [5.41, 5.74) is 26.3. The first kappa shape index (κ1) is 47.3. The van der Waals surface area contributed by atoms with Crippen molar-refractivity contribution in [3.8, 4) is 50.2 Å². The van der Waals surface area contributed by atoms with Crippen LogP contribution in [0, 0.1) is 0 Å². The van der Waals surface area contributed by atoms with E-state index >= 15 is 0 Å². The first-order valence-corrected chi connectivity index (χ1v) is 28.3. The molecule has 0 saturated heterocycles. The summed E-state index contributed by atoms with van der Waals surface area (Å²) in [6, 6.07) is 74.7. The Hall–Kier alpha value is -7.42. The molecule has 9 aromatic carbocycles. The molecule has 2 heteroatoms. The Morgan fingerprint density at radius 3 is 1.41 bits per heavy atom. The fraction of sp³-hybridized carbons (Fsp3) is 0.260. The molecule has 1 aromatic heterocycles. The van der Waals surface area contributed by atoms with E-state index in [4.69, 9.17) is 0 Å². The van der Waals surface area contributed by atoms with E-state index in [1.54, 1.807) is 5.56 Å². The monoisotopic (exact) mass is 975 g/mol. The highest BCUT2D eigenvalue weighted by Gasteiger charge is 2.43. The summed E-state index contributed by atoms with van der Waals surface area (Å²) in [4.78, 5) is 2.49. The second-order valence-electron chi connectivity index (χ2n) is 23.2. The standard InChI is InChI=1S/C73H70N2/c1-7-9-11-21-43-73(44-22-12-10-8-2)65-29-19-15-25-57(65)60-42-38-54(48-68(60)73)75-69-30-20-16-26-61(69)62-39-33-50(45-70(62)75)49-31-34-51(35-32-49)74(52-36-40-58-55-23-13-17-27-63(55)71(3,4)66(58)46-52)53-37-41-59-56-24-14-18-28-64(56)72(5,6)67(59)47-53/h13-20,23-42,45-48H,7-12,21-22,43-44H2,1-6H3. The Bertz CT molecular complexity index is 3700. The third-order valence-electron chi connectivity index (χ3n) is 18.2. The van der Waals surface area contributed by atoms with E-state index < -0.39 is 0 Å². The number of hydrogen-bond acceptors (Lipinski definition) is 1. The molecule has 1 heterocycles. The molecule has 0 N–H and O–H groups in total. The Balaban J connectivity index is 0.917. The molecule has 10 aromatic rings. The number of para-hydroxylation sites is 1. The van der Waals surface area contributed by atoms with Crippen LogP contribution in [0.5, 0.6) is 0 Å². The molecule has 0 spiro atoms. The van der Waals surface area contributed by atoms with Crippen molar-refractivity contribution >= 4 is 38.9 Å². The molecule has 0 aliphatic heterocycles. The minimum atomic E-state index is -0.115. The number of anilines is 3. The van der Waals surface area contributed by atoms with E-state index in [-0.39, 0.29) is 16.2 Å². The summed E-state index contributed by atoms with van der Waals surface area (Å²) in [6.07, 6.45) is 12.6. The molecule has 0 saturated carbocycles. The molecule has 0 bridgehead atoms. The van der Waals surface area contributed by atoms with Crippen molar-refractivity contribution in [3.05, 3.63) is 228 Å². The van der Waals surface area contributed by atoms with Crippen LogP contribution in [0.4, 0.5) is 17.1 Å². The Labute approximate surface area is 445 Å². The lowest BCUT2D eigenvalue weighted by atomic mass is 9.70. The first-order chi connectivity index (χ1) is 36.6. The molecule has 0 amide bonds. The minimum absolute atomic E-state index is 0.0188. The number of rotatable bonds is 15. The van der Waals surface area contributed by atoms with Crippen LogP contribution in [0.2, 0.25) is 0 Å². The zero-order valence-electron chi connectivity index (χ0n) is 44.9. The van der Waals surface area contributed by atoms with E-state index in [0.29, 0.717) is 0 Å². The predicted octanol–water partition coefficient (Wildman–Crippen LogP) is 20.7. The second-order valence-corrected chi connectivity index (χ2v) is 23.2. The van der Waals surface area contributed by atoms with Crippen molar-refractivity contribution in [2.45, 2.75) is 122 Å². The fourth-order valence-electron chi connectivity index (χ4n) is 14.3. The van der Waals surface area contributed by atoms with Crippen LogP contribution in [0.15, 0.2) is 194 Å². The van der Waals surface area contributed by atoms with Gasteiger partial charge in [0.15, 0.2) is 0 Å². The largest absolute Gasteiger partial charge is 0.310 e. The van der Waals surface area contributed by atoms with Crippen LogP contribution in [0.3, 0.4) is 0 Å². The number of aromatic nitrogens is 1. The number of unbranched alkanes of at least 4 members (excludes halogenated alkanes) is 6. The maximum atomic E-state index is 2.61. The molecule has 2 nitrogen and oxygen atoms in total. The van der Waals surface area contributed by atoms with Gasteiger partial charge >= 0.3 is 0 Å². The van der Waals surface area contributed by atoms with Gasteiger partial charge in [-0.25, -0.2) is 0 Å². The molecule has 0 atom stereocenters. The summed E-state index contributed by atoms with van der Waals surface area (Å²) in [5.74, 6) is 0. The zero-order valence-corrected chi connectivity index (χ0v) is 44.9. The highest BCUT2D eigenvalue weighted by Crippen LogP contribution is 2.56. The quantitative estimate of drug-likeness (QED) is 0.0930. The summed E-state index contributed by atoms with van der Waals surface area (Å²) < 4.78 is 2.56. The average Bonchev–Trinajstić information content (AvgIpc) is 4.16. The van der Waals surface area contributed by atoms with Crippen molar-refractivity contribution in [1.82, 2.24) is 4.57 Å². The lowest BCUT2D eigenvalue weighted by molar-refractivity contribution is 0.401. The normalized spacial score (nSPS) is 14.9. The topological polar surface area (TPSA) is 8.17 Å². The number of nitrogens with zero attached hydrogens (tertiary/aromatic N) is 2. The fourth-order valence-corrected chi connectivity index (χ4v) is 14.3. The van der Waals surface area contributed by atoms with Crippen LogP contribution >= 0.6 is 0 Å². The van der Waals surface area contributed by atoms with E-state index in [0.717, 1.165) is 5.69 Å². The molecular formula is C73H70N2. The first-order valence-electron chi connectivity index (χ1n) is 28.3. The van der Waals surface area contributed by atoms with E-state index in [2.05, 4.69) is 245 Å². The third kappa shape index (κ3) is 7.49. The van der Waals surface area contributed by atoms with Crippen LogP contribution in [-0.2, 0) is 16.2 Å². The lowest BCUT2D eigenvalue weighted by Crippen LogP contribution is -2.25. The van der Waals surface area contributed by atoms with Gasteiger partial charge in [-0.05, 0) is 151 Å². The molecular weight excluding hydrogens is 905 g/mol. The van der Waals surface area contributed by atoms with Crippen molar-refractivity contribution < 1.29 is 0 Å². The molecule has 0 unspecified atom stereocenters. The predicted molar refractivity (Wildman–Crippen MR) is 320 cm³/mol. The number of hydrogen-bond donors (Lipinski definition) is 0. The van der Waals surface area contributed by atoms with E-state index in [9.17, 15) is 0 Å². The van der Waals surface area contributed by atoms with Gasteiger partial charge in [0.25, 0.3) is 0 Å². The van der Waals surface area contributed by atoms with Crippen molar-refractivity contribution in [3.63, 3.8) is 0 Å². The summed E-state index contributed by atoms with van der Waals surface area (Å²) >= 11 is 0. The van der Waals surface area contributed by atoms with Crippen molar-refractivity contribution in [2.75, 3.05) is 4.90 Å². The number of benzene rings is 9. The third-order valence-corrected chi connectivity index (χ3v) is 18.2. The van der Waals surface area contributed by atoms with E-state index in [1.165, 1.54) is 175 Å². The highest BCUT2D eigenvalue weighted by molar-refractivity contribution is 6.10. The summed E-state index contributed by atoms with van der Waals surface area (Å²) in [5, 5.41) is 2.58. The maximum Gasteiger partial charge on any atom is 0.0547 e. The van der Waals surface area contributed by atoms with Gasteiger partial charge in [0.05, 0.1) is 11.0 Å². The van der Waals surface area contributed by atoms with Crippen molar-refractivity contribution in [1.29, 1.82) is 0 Å². The van der Waals surface area contributed by atoms with Gasteiger partial charge in [-0.1, -0.05) is 226 Å². The summed E-state index contributed by atoms with van der Waals surface area (Å²) in [6.45, 7) is 14.2. The van der Waals surface area contributed by atoms with Gasteiger partial charge in [0.2, 0.25) is 0 Å². The second kappa shape index (κ2) is 18.4. The Morgan fingerprint density at radius 2 is 0.813 bits per heavy atom. The van der Waals surface area contributed by atoms with Gasteiger partial charge in [-0.15, -0.1) is 0 Å². The molecule has 3 aliphatic rings. The van der Waals surface area contributed by atoms with Gasteiger partial charge in [0, 0.05) is 49.8 Å². The minimum Gasteiger partial charge on any atom is -0.310 e. The van der Waals surface area contributed by atoms with E-state index in [1.807, 2.05) is 0 Å². The summed E-state index contributed by atoms with van der Waals surface area (Å²) in [7, 11) is 0. The maximum absolute atomic E-state index is 2.61. The highest BCUT2D eigenvalue weighted by atomic mass is 15.1. The molecule has 13 rings (SSSR count). The molecule has 372 valence electrons. The molecule has 0 fully saturated rings. The van der Waals surface area contributed by atoms with Crippen LogP contribution < -0.4 is 4.90 Å². The van der Waals surface area contributed by atoms with Gasteiger partial charge in [-0.3, -0.25) is 0 Å². The lowest BCUT2D eigenvalue weighted by Gasteiger charge is -2.33. The SMILES string of the molecule is CCCCCCC1(CCCCCC)c2ccccc2-c2ccc(-n3c4ccccc4c4ccc(-c5ccc(N(c6ccc7c(c6)C(C)(C)c6ccccc6-7)c6ccc7c(c6)C(C)(C)c6ccccc6-7)cc5)cc43)cc21. The molecule has 3 aliphatic carbocycles.